The zero-order valence-corrected chi connectivity index (χ0v) is 10.4. The van der Waals surface area contributed by atoms with Crippen LogP contribution < -0.4 is 11.3 Å². The van der Waals surface area contributed by atoms with Crippen LogP contribution in [-0.4, -0.2) is 14.8 Å². The Kier molecular flexibility index (Phi) is 2.93. The van der Waals surface area contributed by atoms with E-state index in [1.807, 2.05) is 17.0 Å². The van der Waals surface area contributed by atoms with Crippen LogP contribution in [0.4, 0.5) is 5.13 Å². The van der Waals surface area contributed by atoms with Gasteiger partial charge >= 0.3 is 0 Å². The van der Waals surface area contributed by atoms with Crippen molar-refractivity contribution in [1.82, 2.24) is 14.8 Å². The summed E-state index contributed by atoms with van der Waals surface area (Å²) >= 11 is 1.49. The minimum Gasteiger partial charge on any atom is -0.300 e. The molecule has 0 amide bonds. The molecule has 2 aromatic rings. The molecule has 3 N–H and O–H groups in total. The normalized spacial score (nSPS) is 10.8. The largest absolute Gasteiger partial charge is 0.300 e. The summed E-state index contributed by atoms with van der Waals surface area (Å²) < 4.78 is 1.99. The van der Waals surface area contributed by atoms with Crippen LogP contribution in [0, 0.1) is 13.8 Å². The van der Waals surface area contributed by atoms with Crippen LogP contribution in [0.3, 0.4) is 0 Å². The van der Waals surface area contributed by atoms with Gasteiger partial charge in [-0.05, 0) is 20.8 Å². The van der Waals surface area contributed by atoms with Crippen LogP contribution in [0.5, 0.6) is 0 Å². The van der Waals surface area contributed by atoms with Gasteiger partial charge in [0, 0.05) is 23.2 Å². The van der Waals surface area contributed by atoms with Gasteiger partial charge in [0.15, 0.2) is 5.13 Å². The highest BCUT2D eigenvalue weighted by Crippen LogP contribution is 2.29. The lowest BCUT2D eigenvalue weighted by Crippen LogP contribution is -2.05. The van der Waals surface area contributed by atoms with E-state index in [1.54, 1.807) is 0 Å². The second kappa shape index (κ2) is 4.23. The van der Waals surface area contributed by atoms with E-state index in [9.17, 15) is 0 Å². The highest BCUT2D eigenvalue weighted by molar-refractivity contribution is 7.14. The van der Waals surface area contributed by atoms with Crippen molar-refractivity contribution in [2.75, 3.05) is 5.43 Å². The summed E-state index contributed by atoms with van der Waals surface area (Å²) in [5.74, 6) is 5.33. The molecule has 16 heavy (non-hydrogen) atoms. The van der Waals surface area contributed by atoms with Gasteiger partial charge in [-0.3, -0.25) is 10.1 Å². The minimum atomic E-state index is 0.720. The van der Waals surface area contributed by atoms with E-state index in [-0.39, 0.29) is 0 Å². The van der Waals surface area contributed by atoms with E-state index < -0.39 is 0 Å². The summed E-state index contributed by atoms with van der Waals surface area (Å²) in [6.45, 7) is 7.02. The highest BCUT2D eigenvalue weighted by atomic mass is 32.1. The van der Waals surface area contributed by atoms with Gasteiger partial charge in [0.1, 0.15) is 0 Å². The predicted molar refractivity (Wildman–Crippen MR) is 66.3 cm³/mol. The Morgan fingerprint density at radius 2 is 2.25 bits per heavy atom. The molecule has 0 radical (unpaired) electrons. The maximum atomic E-state index is 5.33. The number of aromatic nitrogens is 3. The van der Waals surface area contributed by atoms with Crippen molar-refractivity contribution in [1.29, 1.82) is 0 Å². The third kappa shape index (κ3) is 1.70. The Morgan fingerprint density at radius 3 is 2.75 bits per heavy atom. The molecule has 5 nitrogen and oxygen atoms in total. The molecule has 2 aromatic heterocycles. The number of nitrogen functional groups attached to an aromatic ring is 1. The maximum absolute atomic E-state index is 5.33. The van der Waals surface area contributed by atoms with Crippen molar-refractivity contribution in [2.24, 2.45) is 5.84 Å². The Morgan fingerprint density at radius 1 is 1.50 bits per heavy atom. The van der Waals surface area contributed by atoms with Gasteiger partial charge in [-0.15, -0.1) is 11.3 Å². The number of aryl methyl sites for hydroxylation is 2. The topological polar surface area (TPSA) is 68.8 Å². The lowest BCUT2D eigenvalue weighted by molar-refractivity contribution is 0.634. The summed E-state index contributed by atoms with van der Waals surface area (Å²) in [4.78, 5) is 4.40. The number of nitrogens with one attached hydrogen (secondary N) is 1. The smallest absolute Gasteiger partial charge is 0.197 e. The number of nitrogens with zero attached hydrogens (tertiary/aromatic N) is 3. The fraction of sp³-hybridized carbons (Fsp3) is 0.400. The third-order valence-electron chi connectivity index (χ3n) is 2.56. The van der Waals surface area contributed by atoms with Gasteiger partial charge in [-0.2, -0.15) is 5.10 Å². The van der Waals surface area contributed by atoms with E-state index in [4.69, 9.17) is 5.84 Å². The number of rotatable bonds is 3. The molecule has 2 rings (SSSR count). The zero-order valence-electron chi connectivity index (χ0n) is 9.61. The minimum absolute atomic E-state index is 0.720. The molecule has 2 heterocycles. The van der Waals surface area contributed by atoms with Crippen LogP contribution >= 0.6 is 11.3 Å². The lowest BCUT2D eigenvalue weighted by atomic mass is 10.1. The molecule has 6 heteroatoms. The maximum Gasteiger partial charge on any atom is 0.197 e. The summed E-state index contributed by atoms with van der Waals surface area (Å²) in [6.07, 6.45) is 0. The molecule has 0 saturated carbocycles. The monoisotopic (exact) mass is 237 g/mol. The average molecular weight is 237 g/mol. The summed E-state index contributed by atoms with van der Waals surface area (Å²) in [6, 6.07) is 0. The van der Waals surface area contributed by atoms with Crippen molar-refractivity contribution in [3.63, 3.8) is 0 Å². The van der Waals surface area contributed by atoms with Crippen LogP contribution in [0.2, 0.25) is 0 Å². The summed E-state index contributed by atoms with van der Waals surface area (Å²) in [5, 5.41) is 7.18. The van der Waals surface area contributed by atoms with E-state index in [0.717, 1.165) is 34.3 Å². The first-order valence-corrected chi connectivity index (χ1v) is 6.01. The fourth-order valence-corrected chi connectivity index (χ4v) is 2.44. The number of nitrogens with two attached hydrogens (primary N) is 1. The van der Waals surface area contributed by atoms with E-state index in [2.05, 4.69) is 29.4 Å². The zero-order chi connectivity index (χ0) is 11.7. The van der Waals surface area contributed by atoms with Gasteiger partial charge in [-0.25, -0.2) is 10.8 Å². The molecule has 0 saturated heterocycles. The SMILES string of the molecule is CCn1nc(C)c(-c2csc(NN)n2)c1C. The van der Waals surface area contributed by atoms with Crippen LogP contribution in [0.15, 0.2) is 5.38 Å². The quantitative estimate of drug-likeness (QED) is 0.632. The molecule has 86 valence electrons. The Bertz CT molecular complexity index is 499. The molecule has 0 aromatic carbocycles. The highest BCUT2D eigenvalue weighted by Gasteiger charge is 2.15. The molecule has 0 atom stereocenters. The first-order valence-electron chi connectivity index (χ1n) is 5.13. The number of hydrogen-bond donors (Lipinski definition) is 2. The number of hydrazine groups is 1. The number of hydrogen-bond acceptors (Lipinski definition) is 5. The molecule has 0 unspecified atom stereocenters. The summed E-state index contributed by atoms with van der Waals surface area (Å²) in [7, 11) is 0. The van der Waals surface area contributed by atoms with Crippen LogP contribution in [0.25, 0.3) is 11.3 Å². The lowest BCUT2D eigenvalue weighted by Gasteiger charge is -1.99. The van der Waals surface area contributed by atoms with E-state index in [1.165, 1.54) is 11.3 Å². The Balaban J connectivity index is 2.50. The molecular weight excluding hydrogens is 222 g/mol. The molecule has 0 fully saturated rings. The van der Waals surface area contributed by atoms with Gasteiger partial charge in [0.2, 0.25) is 0 Å². The fourth-order valence-electron chi connectivity index (χ4n) is 1.83. The van der Waals surface area contributed by atoms with Gasteiger partial charge < -0.3 is 0 Å². The van der Waals surface area contributed by atoms with Gasteiger partial charge in [0.25, 0.3) is 0 Å². The molecule has 0 aliphatic rings. The van der Waals surface area contributed by atoms with Crippen molar-refractivity contribution < 1.29 is 0 Å². The van der Waals surface area contributed by atoms with E-state index in [0.29, 0.717) is 0 Å². The second-order valence-corrected chi connectivity index (χ2v) is 4.40. The van der Waals surface area contributed by atoms with Gasteiger partial charge in [0.05, 0.1) is 11.4 Å². The molecule has 0 aliphatic heterocycles. The predicted octanol–water partition coefficient (Wildman–Crippen LogP) is 1.93. The van der Waals surface area contributed by atoms with E-state index >= 15 is 0 Å². The van der Waals surface area contributed by atoms with Crippen molar-refractivity contribution in [3.8, 4) is 11.3 Å². The molecule has 0 bridgehead atoms. The molecule has 0 spiro atoms. The van der Waals surface area contributed by atoms with Crippen LogP contribution in [0.1, 0.15) is 18.3 Å². The average Bonchev–Trinajstić information content (AvgIpc) is 2.83. The molecular formula is C10H15N5S. The van der Waals surface area contributed by atoms with Crippen molar-refractivity contribution >= 4 is 16.5 Å². The second-order valence-electron chi connectivity index (χ2n) is 3.54. The number of anilines is 1. The van der Waals surface area contributed by atoms with Crippen molar-refractivity contribution in [2.45, 2.75) is 27.3 Å². The molecule has 0 aliphatic carbocycles. The number of thiazole rings is 1. The van der Waals surface area contributed by atoms with Crippen LogP contribution in [-0.2, 0) is 6.54 Å². The van der Waals surface area contributed by atoms with Gasteiger partial charge in [-0.1, -0.05) is 0 Å². The third-order valence-corrected chi connectivity index (χ3v) is 3.34. The summed E-state index contributed by atoms with van der Waals surface area (Å²) in [5.41, 5.74) is 6.76. The Hall–Kier alpha value is -1.40. The first-order chi connectivity index (χ1) is 7.67. The van der Waals surface area contributed by atoms with Crippen molar-refractivity contribution in [3.05, 3.63) is 16.8 Å². The Labute approximate surface area is 98.3 Å². The first kappa shape index (κ1) is 11.1. The standard InChI is InChI=1S/C10H15N5S/c1-4-15-7(3)9(6(2)14-15)8-5-16-10(12-8)13-11/h5H,4,11H2,1-3H3,(H,12,13).